The van der Waals surface area contributed by atoms with Crippen molar-refractivity contribution in [2.75, 3.05) is 74.9 Å². The molecule has 1 fully saturated rings. The van der Waals surface area contributed by atoms with Gasteiger partial charge < -0.3 is 24.9 Å². The van der Waals surface area contributed by atoms with Gasteiger partial charge in [-0.3, -0.25) is 9.69 Å². The maximum absolute atomic E-state index is 12.5. The number of hydrogen-bond acceptors (Lipinski definition) is 9. The summed E-state index contributed by atoms with van der Waals surface area (Å²) in [6.07, 6.45) is 3.54. The second kappa shape index (κ2) is 15.5. The van der Waals surface area contributed by atoms with Crippen molar-refractivity contribution in [1.29, 1.82) is 0 Å². The van der Waals surface area contributed by atoms with Crippen molar-refractivity contribution in [1.82, 2.24) is 14.8 Å². The number of aliphatic hydroxyl groups excluding tert-OH is 1. The zero-order valence-corrected chi connectivity index (χ0v) is 26.7. The number of nitrogens with one attached hydrogen (secondary N) is 2. The molecule has 10 heteroatoms. The topological polar surface area (TPSA) is 84.0 Å². The van der Waals surface area contributed by atoms with Gasteiger partial charge in [0.25, 0.3) is 0 Å². The fourth-order valence-electron chi connectivity index (χ4n) is 5.42. The van der Waals surface area contributed by atoms with E-state index in [0.29, 0.717) is 11.6 Å². The molecule has 0 bridgehead atoms. The maximum atomic E-state index is 12.5. The fraction of sp³-hybridized carbons (Fsp3) is 0.394. The number of hydrogen-bond donors (Lipinski definition) is 3. The number of carbonyl (C=O) groups is 1. The molecule has 3 aromatic carbocycles. The number of amides is 1. The third kappa shape index (κ3) is 8.70. The van der Waals surface area contributed by atoms with Gasteiger partial charge in [-0.25, -0.2) is 4.98 Å². The van der Waals surface area contributed by atoms with Crippen LogP contribution in [-0.4, -0.2) is 85.8 Å². The lowest BCUT2D eigenvalue weighted by Gasteiger charge is -2.34. The minimum atomic E-state index is 0.0258. The average Bonchev–Trinajstić information content (AvgIpc) is 3.49. The van der Waals surface area contributed by atoms with Gasteiger partial charge in [-0.1, -0.05) is 42.8 Å². The monoisotopic (exact) mass is 618 g/mol. The van der Waals surface area contributed by atoms with Crippen molar-refractivity contribution < 1.29 is 9.90 Å². The zero-order chi connectivity index (χ0) is 30.0. The van der Waals surface area contributed by atoms with Gasteiger partial charge in [0.1, 0.15) is 0 Å². The van der Waals surface area contributed by atoms with Gasteiger partial charge in [-0.15, -0.1) is 11.3 Å². The first-order valence-corrected chi connectivity index (χ1v) is 16.7. The molecule has 1 amide bonds. The summed E-state index contributed by atoms with van der Waals surface area (Å²) >= 11 is 3.07. The second-order valence-corrected chi connectivity index (χ2v) is 12.8. The number of fused-ring (bicyclic) bond motifs is 1. The summed E-state index contributed by atoms with van der Waals surface area (Å²) in [6, 6.07) is 21.0. The molecule has 5 rings (SSSR count). The Morgan fingerprint density at radius 3 is 2.49 bits per heavy atom. The minimum Gasteiger partial charge on any atom is -0.395 e. The summed E-state index contributed by atoms with van der Waals surface area (Å²) in [7, 11) is 4.14. The van der Waals surface area contributed by atoms with Gasteiger partial charge in [-0.05, 0) is 61.0 Å². The van der Waals surface area contributed by atoms with E-state index in [2.05, 4.69) is 87.4 Å². The van der Waals surface area contributed by atoms with Crippen LogP contribution in [0.25, 0.3) is 22.0 Å². The summed E-state index contributed by atoms with van der Waals surface area (Å²) in [5.74, 6) is 0.0258. The van der Waals surface area contributed by atoms with E-state index < -0.39 is 0 Å². The highest BCUT2D eigenvalue weighted by atomic mass is 32.2. The molecular weight excluding hydrogens is 577 g/mol. The lowest BCUT2D eigenvalue weighted by Crippen LogP contribution is -2.47. The van der Waals surface area contributed by atoms with E-state index in [1.54, 1.807) is 11.9 Å². The van der Waals surface area contributed by atoms with Crippen LogP contribution in [0.3, 0.4) is 0 Å². The van der Waals surface area contributed by atoms with Gasteiger partial charge in [-0.2, -0.15) is 0 Å². The Morgan fingerprint density at radius 2 is 1.70 bits per heavy atom. The van der Waals surface area contributed by atoms with Crippen LogP contribution in [0.15, 0.2) is 70.9 Å². The molecule has 43 heavy (non-hydrogen) atoms. The van der Waals surface area contributed by atoms with Gasteiger partial charge in [0.15, 0.2) is 5.13 Å². The summed E-state index contributed by atoms with van der Waals surface area (Å²) in [6.45, 7) is 6.27. The average molecular weight is 619 g/mol. The van der Waals surface area contributed by atoms with Crippen LogP contribution in [0.2, 0.25) is 0 Å². The number of aliphatic hydroxyl groups is 1. The number of β-amino-alcohol motifs (C(OH)–C–C–N with tert-alkyl or cyclic N) is 1. The van der Waals surface area contributed by atoms with Crippen molar-refractivity contribution >= 4 is 56.5 Å². The Morgan fingerprint density at radius 1 is 0.953 bits per heavy atom. The lowest BCUT2D eigenvalue weighted by atomic mass is 10.1. The first-order chi connectivity index (χ1) is 21.0. The van der Waals surface area contributed by atoms with E-state index in [0.717, 1.165) is 75.5 Å². The number of nitrogens with zero attached hydrogens (tertiary/aromatic N) is 4. The zero-order valence-electron chi connectivity index (χ0n) is 25.1. The largest absolute Gasteiger partial charge is 0.395 e. The predicted octanol–water partition coefficient (Wildman–Crippen LogP) is 6.26. The second-order valence-electron chi connectivity index (χ2n) is 11.1. The molecule has 4 aromatic rings. The summed E-state index contributed by atoms with van der Waals surface area (Å²) in [5.41, 5.74) is 4.06. The molecule has 0 saturated carbocycles. The van der Waals surface area contributed by atoms with Gasteiger partial charge in [0.05, 0.1) is 12.3 Å². The first kappa shape index (κ1) is 31.3. The number of piperazine rings is 1. The van der Waals surface area contributed by atoms with Crippen molar-refractivity contribution in [2.24, 2.45) is 0 Å². The number of carbonyl (C=O) groups excluding carboxylic acids is 1. The molecule has 0 aliphatic carbocycles. The Bertz CT molecular complexity index is 1490. The van der Waals surface area contributed by atoms with Crippen molar-refractivity contribution in [2.45, 2.75) is 30.6 Å². The first-order valence-electron chi connectivity index (χ1n) is 15.0. The smallest absolute Gasteiger partial charge is 0.226 e. The highest BCUT2D eigenvalue weighted by Crippen LogP contribution is 2.34. The quantitative estimate of drug-likeness (QED) is 0.113. The van der Waals surface area contributed by atoms with E-state index in [1.165, 1.54) is 32.7 Å². The molecule has 0 radical (unpaired) electrons. The van der Waals surface area contributed by atoms with Gasteiger partial charge >= 0.3 is 0 Å². The summed E-state index contributed by atoms with van der Waals surface area (Å²) in [4.78, 5) is 25.4. The van der Waals surface area contributed by atoms with Crippen LogP contribution in [-0.2, 0) is 4.79 Å². The molecule has 3 N–H and O–H groups in total. The third-order valence-electron chi connectivity index (χ3n) is 7.79. The summed E-state index contributed by atoms with van der Waals surface area (Å²) < 4.78 is 3.51. The molecule has 0 spiro atoms. The van der Waals surface area contributed by atoms with Crippen LogP contribution >= 0.6 is 23.3 Å². The number of unbranched alkanes of at least 4 members (excludes halogenated alkanes) is 2. The molecule has 1 aliphatic rings. The molecule has 1 aliphatic heterocycles. The fourth-order valence-corrected chi connectivity index (χ4v) is 6.95. The molecule has 0 atom stereocenters. The highest BCUT2D eigenvalue weighted by Gasteiger charge is 2.16. The van der Waals surface area contributed by atoms with E-state index >= 15 is 0 Å². The van der Waals surface area contributed by atoms with Gasteiger partial charge in [0, 0.05) is 85.8 Å². The van der Waals surface area contributed by atoms with E-state index in [9.17, 15) is 4.79 Å². The van der Waals surface area contributed by atoms with Crippen LogP contribution in [0.5, 0.6) is 0 Å². The summed E-state index contributed by atoms with van der Waals surface area (Å²) in [5, 5.41) is 17.2. The number of thiazole rings is 1. The Hall–Kier alpha value is -3.15. The van der Waals surface area contributed by atoms with Crippen LogP contribution < -0.4 is 14.9 Å². The molecule has 2 heterocycles. The van der Waals surface area contributed by atoms with Crippen LogP contribution in [0.1, 0.15) is 25.7 Å². The molecule has 0 unspecified atom stereocenters. The number of rotatable bonds is 14. The lowest BCUT2D eigenvalue weighted by molar-refractivity contribution is -0.116. The number of aromatic nitrogens is 1. The molecule has 1 saturated heterocycles. The van der Waals surface area contributed by atoms with Crippen LogP contribution in [0, 0.1) is 0 Å². The Labute approximate surface area is 263 Å². The predicted molar refractivity (Wildman–Crippen MR) is 182 cm³/mol. The number of benzene rings is 3. The SMILES string of the molecule is CN(C)c1cccc2c(SNc3cccc(-c4csc(NC(=O)CCCCCN5CCN(CCO)CC5)n4)c3)cccc12. The van der Waals surface area contributed by atoms with Crippen molar-refractivity contribution in [3.63, 3.8) is 0 Å². The molecule has 1 aromatic heterocycles. The van der Waals surface area contributed by atoms with Crippen molar-refractivity contribution in [3.8, 4) is 11.3 Å². The standard InChI is InChI=1S/C33H42N6O2S2/c1-37(2)30-13-7-12-28-27(30)11-8-14-31(28)43-36-26-10-6-9-25(23-26)29-24-42-33(34-29)35-32(41)15-4-3-5-16-38-17-19-39(20-18-38)21-22-40/h6-14,23-24,36,40H,3-5,15-22H2,1-2H3,(H,34,35,41). The van der Waals surface area contributed by atoms with Gasteiger partial charge in [0.2, 0.25) is 5.91 Å². The Kier molecular flexibility index (Phi) is 11.3. The van der Waals surface area contributed by atoms with Crippen molar-refractivity contribution in [3.05, 3.63) is 66.0 Å². The molecule has 228 valence electrons. The van der Waals surface area contributed by atoms with E-state index in [1.807, 2.05) is 17.5 Å². The molecular formula is C33H42N6O2S2. The normalized spacial score (nSPS) is 14.2. The van der Waals surface area contributed by atoms with E-state index in [-0.39, 0.29) is 12.5 Å². The molecule has 8 nitrogen and oxygen atoms in total. The number of anilines is 3. The minimum absolute atomic E-state index is 0.0258. The highest BCUT2D eigenvalue weighted by molar-refractivity contribution is 8.00. The third-order valence-corrected chi connectivity index (χ3v) is 9.46. The van der Waals surface area contributed by atoms with Crippen LogP contribution in [0.4, 0.5) is 16.5 Å². The van der Waals surface area contributed by atoms with E-state index in [4.69, 9.17) is 10.1 Å². The maximum Gasteiger partial charge on any atom is 0.226 e. The Balaban J connectivity index is 1.07.